The van der Waals surface area contributed by atoms with E-state index in [0.29, 0.717) is 19.3 Å². The zero-order valence-corrected chi connectivity index (χ0v) is 24.4. The third kappa shape index (κ3) is 3.19. The molecule has 0 unspecified atom stereocenters. The molecule has 0 bridgehead atoms. The number of carboxylic acids is 1. The lowest BCUT2D eigenvalue weighted by atomic mass is 9.33. The number of fused-ring (bicyclic) bond motifs is 7. The Balaban J connectivity index is 1.68. The molecule has 0 aromatic rings. The maximum atomic E-state index is 13.4. The number of rotatable bonds is 2. The van der Waals surface area contributed by atoms with Gasteiger partial charge in [-0.3, -0.25) is 14.4 Å². The summed E-state index contributed by atoms with van der Waals surface area (Å²) >= 11 is 0. The van der Waals surface area contributed by atoms with Gasteiger partial charge in [0.25, 0.3) is 0 Å². The molecule has 2 N–H and O–H groups in total. The van der Waals surface area contributed by atoms with Crippen LogP contribution in [0.4, 0.5) is 0 Å². The summed E-state index contributed by atoms with van der Waals surface area (Å²) < 4.78 is 5.51. The number of aliphatic hydroxyl groups is 1. The van der Waals surface area contributed by atoms with Crippen LogP contribution in [-0.2, 0) is 19.1 Å². The van der Waals surface area contributed by atoms with Gasteiger partial charge in [-0.2, -0.15) is 0 Å². The van der Waals surface area contributed by atoms with Crippen LogP contribution in [-0.4, -0.2) is 33.5 Å². The van der Waals surface area contributed by atoms with Crippen LogP contribution in [0.1, 0.15) is 100 Å². The highest BCUT2D eigenvalue weighted by Crippen LogP contribution is 2.75. The van der Waals surface area contributed by atoms with E-state index >= 15 is 0 Å². The number of ether oxygens (including phenoxy) is 1. The fourth-order valence-corrected chi connectivity index (χ4v) is 10.5. The van der Waals surface area contributed by atoms with Gasteiger partial charge in [0.1, 0.15) is 0 Å². The van der Waals surface area contributed by atoms with Crippen LogP contribution in [0.25, 0.3) is 0 Å². The second kappa shape index (κ2) is 8.05. The molecule has 6 heteroatoms. The number of allylic oxidation sites excluding steroid dienone is 3. The zero-order chi connectivity index (χ0) is 28.3. The lowest BCUT2D eigenvalue weighted by molar-refractivity contribution is -0.199. The van der Waals surface area contributed by atoms with Gasteiger partial charge in [-0.05, 0) is 91.9 Å². The fraction of sp³-hybridized carbons (Fsp3) is 0.781. The largest absolute Gasteiger partial charge is 0.481 e. The minimum Gasteiger partial charge on any atom is -0.481 e. The van der Waals surface area contributed by atoms with E-state index in [1.54, 1.807) is 0 Å². The van der Waals surface area contributed by atoms with Crippen molar-refractivity contribution < 1.29 is 29.3 Å². The Kier molecular flexibility index (Phi) is 5.85. The van der Waals surface area contributed by atoms with Crippen LogP contribution in [0.15, 0.2) is 23.5 Å². The van der Waals surface area contributed by atoms with E-state index in [1.165, 1.54) is 6.92 Å². The number of carbonyl (C=O) groups is 3. The van der Waals surface area contributed by atoms with E-state index < -0.39 is 34.3 Å². The van der Waals surface area contributed by atoms with Crippen molar-refractivity contribution in [3.8, 4) is 0 Å². The number of esters is 1. The van der Waals surface area contributed by atoms with Gasteiger partial charge in [0.05, 0.1) is 11.0 Å². The number of hydrogen-bond acceptors (Lipinski definition) is 5. The topological polar surface area (TPSA) is 101 Å². The van der Waals surface area contributed by atoms with Crippen LogP contribution in [0.3, 0.4) is 0 Å². The molecule has 0 aromatic heterocycles. The van der Waals surface area contributed by atoms with Crippen molar-refractivity contribution in [2.45, 2.75) is 106 Å². The third-order valence-corrected chi connectivity index (χ3v) is 13.0. The van der Waals surface area contributed by atoms with Crippen molar-refractivity contribution in [1.82, 2.24) is 0 Å². The van der Waals surface area contributed by atoms with E-state index in [4.69, 9.17) is 4.74 Å². The normalized spacial score (nSPS) is 49.3. The molecule has 210 valence electrons. The average molecular weight is 527 g/mol. The highest BCUT2D eigenvalue weighted by Gasteiger charge is 2.71. The summed E-state index contributed by atoms with van der Waals surface area (Å²) in [6.45, 7) is 16.2. The summed E-state index contributed by atoms with van der Waals surface area (Å²) in [7, 11) is 0. The Hall–Kier alpha value is -1.95. The van der Waals surface area contributed by atoms with E-state index in [2.05, 4.69) is 33.8 Å². The van der Waals surface area contributed by atoms with Crippen LogP contribution in [0, 0.1) is 50.7 Å². The third-order valence-electron chi connectivity index (χ3n) is 13.0. The first kappa shape index (κ1) is 27.6. The van der Waals surface area contributed by atoms with E-state index in [-0.39, 0.29) is 45.5 Å². The number of hydrogen-bond donors (Lipinski definition) is 2. The van der Waals surface area contributed by atoms with Gasteiger partial charge < -0.3 is 14.9 Å². The number of aliphatic carboxylic acids is 1. The molecule has 5 rings (SSSR count). The van der Waals surface area contributed by atoms with Crippen molar-refractivity contribution in [2.75, 3.05) is 0 Å². The Labute approximate surface area is 227 Å². The molecule has 0 aliphatic heterocycles. The molecule has 9 atom stereocenters. The van der Waals surface area contributed by atoms with Crippen molar-refractivity contribution in [3.63, 3.8) is 0 Å². The molecular formula is C32H46O6. The Morgan fingerprint density at radius 2 is 1.63 bits per heavy atom. The van der Waals surface area contributed by atoms with Crippen LogP contribution >= 0.6 is 0 Å². The predicted octanol–water partition coefficient (Wildman–Crippen LogP) is 6.08. The molecule has 38 heavy (non-hydrogen) atoms. The van der Waals surface area contributed by atoms with Crippen LogP contribution in [0.2, 0.25) is 0 Å². The Morgan fingerprint density at radius 3 is 2.24 bits per heavy atom. The molecule has 0 radical (unpaired) electrons. The first-order chi connectivity index (χ1) is 17.4. The van der Waals surface area contributed by atoms with Gasteiger partial charge in [0.15, 0.2) is 5.76 Å². The maximum Gasteiger partial charge on any atom is 0.310 e. The first-order valence-electron chi connectivity index (χ1n) is 14.5. The van der Waals surface area contributed by atoms with Crippen molar-refractivity contribution in [2.24, 2.45) is 50.7 Å². The average Bonchev–Trinajstić information content (AvgIpc) is 2.79. The first-order valence-corrected chi connectivity index (χ1v) is 14.5. The summed E-state index contributed by atoms with van der Waals surface area (Å²) in [5.74, 6) is -1.30. The maximum absolute atomic E-state index is 13.4. The highest BCUT2D eigenvalue weighted by atomic mass is 16.5. The standard InChI is InChI=1S/C32H46O6/c1-18-11-14-32(26(35)36)16-15-29(6)20(24(32)31(18,8)37)9-10-23-28(5)17-21(38-19(2)33)25(34)27(3,4)22(28)12-13-30(23,29)7/h9,17-18,22-24,37H,10-16H2,1-8H3,(H,35,36)/t18-,22+,23-,24-,28+,29-,30-,31-,32+/m1/s1. The number of carbonyl (C=O) groups excluding carboxylic acids is 2. The summed E-state index contributed by atoms with van der Waals surface area (Å²) in [4.78, 5) is 38.2. The molecule has 0 aromatic carbocycles. The minimum atomic E-state index is -1.10. The summed E-state index contributed by atoms with van der Waals surface area (Å²) in [6, 6.07) is 0. The molecule has 0 amide bonds. The predicted molar refractivity (Wildman–Crippen MR) is 144 cm³/mol. The molecule has 6 nitrogen and oxygen atoms in total. The number of Topliss-reactive ketones (excluding diaryl/α,β-unsaturated/α-hetero) is 1. The molecule has 5 aliphatic carbocycles. The Bertz CT molecular complexity index is 1160. The highest BCUT2D eigenvalue weighted by molar-refractivity contribution is 6.00. The summed E-state index contributed by atoms with van der Waals surface area (Å²) in [5.41, 5.74) is -2.38. The minimum absolute atomic E-state index is 0.0152. The molecule has 0 saturated heterocycles. The smallest absolute Gasteiger partial charge is 0.310 e. The fourth-order valence-electron chi connectivity index (χ4n) is 10.5. The molecule has 0 heterocycles. The number of ketones is 1. The number of carboxylic acid groups (broad SMARTS) is 1. The van der Waals surface area contributed by atoms with E-state index in [1.807, 2.05) is 26.8 Å². The summed E-state index contributed by atoms with van der Waals surface area (Å²) in [5, 5.41) is 22.5. The van der Waals surface area contributed by atoms with Gasteiger partial charge in [-0.15, -0.1) is 0 Å². The van der Waals surface area contributed by atoms with Crippen molar-refractivity contribution >= 4 is 17.7 Å². The van der Waals surface area contributed by atoms with Gasteiger partial charge in [-0.1, -0.05) is 53.2 Å². The van der Waals surface area contributed by atoms with Gasteiger partial charge in [0, 0.05) is 18.3 Å². The monoisotopic (exact) mass is 526 g/mol. The molecular weight excluding hydrogens is 480 g/mol. The summed E-state index contributed by atoms with van der Waals surface area (Å²) in [6.07, 6.45) is 9.43. The molecule has 3 fully saturated rings. The van der Waals surface area contributed by atoms with Gasteiger partial charge >= 0.3 is 11.9 Å². The molecule has 3 saturated carbocycles. The SMILES string of the molecule is CC(=O)OC1=C[C@]2(C)[C@H]3CC=C4[C@H]5[C@](C(=O)O)(CC[C@@H](C)[C@@]5(C)O)CC[C@@]4(C)[C@]3(C)CC[C@H]2C(C)(C)C1=O. The van der Waals surface area contributed by atoms with Crippen LogP contribution < -0.4 is 0 Å². The zero-order valence-electron chi connectivity index (χ0n) is 24.4. The lowest BCUT2D eigenvalue weighted by Gasteiger charge is -2.70. The van der Waals surface area contributed by atoms with Gasteiger partial charge in [0.2, 0.25) is 5.78 Å². The molecule has 0 spiro atoms. The lowest BCUT2D eigenvalue weighted by Crippen LogP contribution is -2.67. The van der Waals surface area contributed by atoms with E-state index in [0.717, 1.165) is 31.3 Å². The second-order valence-electron chi connectivity index (χ2n) is 14.9. The van der Waals surface area contributed by atoms with Crippen molar-refractivity contribution in [3.05, 3.63) is 23.5 Å². The van der Waals surface area contributed by atoms with E-state index in [9.17, 15) is 24.6 Å². The molecule has 5 aliphatic rings. The van der Waals surface area contributed by atoms with Gasteiger partial charge in [-0.25, -0.2) is 0 Å². The van der Waals surface area contributed by atoms with Crippen LogP contribution in [0.5, 0.6) is 0 Å². The van der Waals surface area contributed by atoms with Crippen molar-refractivity contribution in [1.29, 1.82) is 0 Å². The Morgan fingerprint density at radius 1 is 0.974 bits per heavy atom. The quantitative estimate of drug-likeness (QED) is 0.334. The second-order valence-corrected chi connectivity index (χ2v) is 14.9.